The van der Waals surface area contributed by atoms with E-state index >= 15 is 0 Å². The summed E-state index contributed by atoms with van der Waals surface area (Å²) in [7, 11) is -3.19. The first-order valence-corrected chi connectivity index (χ1v) is 25.6. The van der Waals surface area contributed by atoms with Crippen LogP contribution in [0.1, 0.15) is 201 Å². The number of carbonyl (C=O) groups excluding carboxylic acids is 2. The van der Waals surface area contributed by atoms with Gasteiger partial charge in [-0.1, -0.05) is 116 Å². The average Bonchev–Trinajstić information content (AvgIpc) is 3.19. The van der Waals surface area contributed by atoms with Gasteiger partial charge >= 0.3 is 11.9 Å². The molecule has 0 bridgehead atoms. The summed E-state index contributed by atoms with van der Waals surface area (Å²) in [6.07, 6.45) is 37.8. The highest BCUT2D eigenvalue weighted by Crippen LogP contribution is 2.13. The van der Waals surface area contributed by atoms with Crippen molar-refractivity contribution >= 4 is 22.0 Å². The number of allylic oxidation sites excluding steroid dienone is 4. The van der Waals surface area contributed by atoms with Gasteiger partial charge in [-0.05, 0) is 110 Å². The minimum atomic E-state index is -3.19. The van der Waals surface area contributed by atoms with Crippen molar-refractivity contribution in [2.75, 3.05) is 58.9 Å². The molecule has 0 heterocycles. The van der Waals surface area contributed by atoms with Crippen molar-refractivity contribution in [3.63, 3.8) is 0 Å². The van der Waals surface area contributed by atoms with Crippen molar-refractivity contribution in [3.05, 3.63) is 24.3 Å². The molecule has 0 aromatic rings. The van der Waals surface area contributed by atoms with Gasteiger partial charge in [0, 0.05) is 32.6 Å². The van der Waals surface area contributed by atoms with Gasteiger partial charge in [0.15, 0.2) is 6.29 Å². The Hall–Kier alpha value is -1.79. The first kappa shape index (κ1) is 56.2. The molecule has 342 valence electrons. The zero-order chi connectivity index (χ0) is 42.6. The highest BCUT2D eigenvalue weighted by atomic mass is 32.2. The van der Waals surface area contributed by atoms with Crippen LogP contribution in [0.3, 0.4) is 0 Å². The summed E-state index contributed by atoms with van der Waals surface area (Å²) in [5.74, 6) is -0.258. The third-order valence-corrected chi connectivity index (χ3v) is 10.8. The highest BCUT2D eigenvalue weighted by molar-refractivity contribution is 7.88. The number of ether oxygens (including phenoxy) is 4. The lowest BCUT2D eigenvalue weighted by Crippen LogP contribution is -2.31. The zero-order valence-electron chi connectivity index (χ0n) is 38.0. The van der Waals surface area contributed by atoms with E-state index in [0.29, 0.717) is 45.8 Å². The molecule has 0 saturated carbocycles. The van der Waals surface area contributed by atoms with Crippen LogP contribution >= 0.6 is 0 Å². The lowest BCUT2D eigenvalue weighted by molar-refractivity contribution is -0.159. The molecular weight excluding hydrogens is 753 g/mol. The second kappa shape index (κ2) is 43.3. The van der Waals surface area contributed by atoms with Gasteiger partial charge in [-0.3, -0.25) is 9.59 Å². The molecule has 0 aromatic carbocycles. The van der Waals surface area contributed by atoms with Gasteiger partial charge in [0.1, 0.15) is 0 Å². The van der Waals surface area contributed by atoms with Crippen molar-refractivity contribution in [2.45, 2.75) is 207 Å². The quantitative estimate of drug-likeness (QED) is 0.0276. The summed E-state index contributed by atoms with van der Waals surface area (Å²) < 4.78 is 48.7. The second-order valence-electron chi connectivity index (χ2n) is 15.8. The number of esters is 2. The Balaban J connectivity index is 4.33. The maximum atomic E-state index is 12.6. The van der Waals surface area contributed by atoms with E-state index in [1.807, 2.05) is 0 Å². The van der Waals surface area contributed by atoms with E-state index in [9.17, 15) is 18.0 Å². The molecule has 0 aromatic heterocycles. The van der Waals surface area contributed by atoms with Gasteiger partial charge in [-0.2, -0.15) is 0 Å². The zero-order valence-corrected chi connectivity index (χ0v) is 38.8. The first-order chi connectivity index (χ1) is 28.2. The van der Waals surface area contributed by atoms with Gasteiger partial charge in [0.25, 0.3) is 0 Å². The molecule has 0 spiro atoms. The number of unbranched alkanes of at least 4 members (excludes halogenated alkanes) is 17. The number of hydrogen-bond acceptors (Lipinski definition) is 9. The van der Waals surface area contributed by atoms with Crippen molar-refractivity contribution in [3.8, 4) is 0 Å². The molecule has 0 aliphatic heterocycles. The van der Waals surface area contributed by atoms with Crippen molar-refractivity contribution in [2.24, 2.45) is 0 Å². The van der Waals surface area contributed by atoms with Gasteiger partial charge in [-0.25, -0.2) is 13.1 Å². The third kappa shape index (κ3) is 43.8. The van der Waals surface area contributed by atoms with Gasteiger partial charge in [-0.15, -0.1) is 0 Å². The average molecular weight is 843 g/mol. The fraction of sp³-hybridized carbons (Fsp3) is 0.872. The molecule has 0 amide bonds. The Morgan fingerprint density at radius 3 is 1.50 bits per heavy atom. The maximum absolute atomic E-state index is 12.6. The fourth-order valence-electron chi connectivity index (χ4n) is 6.57. The van der Waals surface area contributed by atoms with Gasteiger partial charge in [0.05, 0.1) is 25.9 Å². The summed E-state index contributed by atoms with van der Waals surface area (Å²) in [4.78, 5) is 27.1. The molecular formula is C47H90N2O8S. The number of sulfonamides is 1. The predicted octanol–water partition coefficient (Wildman–Crippen LogP) is 11.4. The molecule has 0 aliphatic rings. The molecule has 0 aliphatic carbocycles. The summed E-state index contributed by atoms with van der Waals surface area (Å²) in [5.41, 5.74) is 0. The summed E-state index contributed by atoms with van der Waals surface area (Å²) in [6, 6.07) is 0. The number of rotatable bonds is 45. The van der Waals surface area contributed by atoms with Crippen LogP contribution in [0.15, 0.2) is 24.3 Å². The Morgan fingerprint density at radius 2 is 0.983 bits per heavy atom. The molecule has 0 unspecified atom stereocenters. The van der Waals surface area contributed by atoms with Crippen LogP contribution < -0.4 is 4.72 Å². The van der Waals surface area contributed by atoms with Crippen LogP contribution in [-0.2, 0) is 38.6 Å². The Labute approximate surface area is 357 Å². The van der Waals surface area contributed by atoms with E-state index in [-0.39, 0.29) is 24.6 Å². The number of nitrogens with one attached hydrogen (secondary N) is 1. The van der Waals surface area contributed by atoms with Crippen molar-refractivity contribution in [1.82, 2.24) is 9.62 Å². The maximum Gasteiger partial charge on any atom is 0.305 e. The van der Waals surface area contributed by atoms with Crippen molar-refractivity contribution < 1.29 is 37.0 Å². The van der Waals surface area contributed by atoms with E-state index in [1.54, 1.807) is 0 Å². The van der Waals surface area contributed by atoms with E-state index in [0.717, 1.165) is 148 Å². The van der Waals surface area contributed by atoms with Crippen LogP contribution in [0.25, 0.3) is 0 Å². The van der Waals surface area contributed by atoms with Gasteiger partial charge in [0.2, 0.25) is 10.0 Å². The lowest BCUT2D eigenvalue weighted by atomic mass is 10.1. The molecule has 0 fully saturated rings. The Kier molecular flexibility index (Phi) is 42.0. The largest absolute Gasteiger partial charge is 0.466 e. The number of hydrogen-bond donors (Lipinski definition) is 1. The standard InChI is InChI=1S/C47H90N2O8S/c1-5-8-11-14-17-24-29-41-54-45(50)34-26-19-18-20-27-38-49(40-33-37-48-58(4,52)53)39-28-21-25-30-42-55-46(51)35-36-47(56-43-31-22-15-12-9-6-2)57-44-32-23-16-13-10-7-3/h9-10,12-13,47-48H,5-8,11,14-44H2,1-4H3/b12-9-,13-10-. The minimum absolute atomic E-state index is 0.0630. The van der Waals surface area contributed by atoms with Crippen LogP contribution in [0.4, 0.5) is 0 Å². The molecule has 1 N–H and O–H groups in total. The molecule has 0 saturated heterocycles. The Morgan fingerprint density at radius 1 is 0.534 bits per heavy atom. The summed E-state index contributed by atoms with van der Waals surface area (Å²) >= 11 is 0. The van der Waals surface area contributed by atoms with Crippen molar-refractivity contribution in [1.29, 1.82) is 0 Å². The predicted molar refractivity (Wildman–Crippen MR) is 241 cm³/mol. The molecule has 0 rings (SSSR count). The molecule has 0 radical (unpaired) electrons. The molecule has 58 heavy (non-hydrogen) atoms. The smallest absolute Gasteiger partial charge is 0.305 e. The van der Waals surface area contributed by atoms with Crippen LogP contribution in [-0.4, -0.2) is 90.4 Å². The van der Waals surface area contributed by atoms with Crippen LogP contribution in [0.2, 0.25) is 0 Å². The van der Waals surface area contributed by atoms with E-state index in [2.05, 4.69) is 54.7 Å². The monoisotopic (exact) mass is 843 g/mol. The molecule has 10 nitrogen and oxygen atoms in total. The number of carbonyl (C=O) groups is 2. The topological polar surface area (TPSA) is 120 Å². The van der Waals surface area contributed by atoms with E-state index in [4.69, 9.17) is 18.9 Å². The van der Waals surface area contributed by atoms with Crippen LogP contribution in [0, 0.1) is 0 Å². The molecule has 11 heteroatoms. The highest BCUT2D eigenvalue weighted by Gasteiger charge is 2.14. The third-order valence-electron chi connectivity index (χ3n) is 10.0. The minimum Gasteiger partial charge on any atom is -0.466 e. The second-order valence-corrected chi connectivity index (χ2v) is 17.6. The normalized spacial score (nSPS) is 12.2. The van der Waals surface area contributed by atoms with E-state index < -0.39 is 10.0 Å². The summed E-state index contributed by atoms with van der Waals surface area (Å²) in [5, 5.41) is 0. The Bertz CT molecular complexity index is 1060. The number of nitrogens with zero attached hydrogens (tertiary/aromatic N) is 1. The van der Waals surface area contributed by atoms with E-state index in [1.165, 1.54) is 38.4 Å². The molecule has 0 atom stereocenters. The first-order valence-electron chi connectivity index (χ1n) is 23.7. The summed E-state index contributed by atoms with van der Waals surface area (Å²) in [6.45, 7) is 12.0. The fourth-order valence-corrected chi connectivity index (χ4v) is 7.09. The lowest BCUT2D eigenvalue weighted by Gasteiger charge is -2.22. The van der Waals surface area contributed by atoms with Crippen LogP contribution in [0.5, 0.6) is 0 Å². The van der Waals surface area contributed by atoms with Gasteiger partial charge < -0.3 is 23.8 Å². The SMILES string of the molecule is CC/C=C\CCCCOC(CCC(=O)OCCCCCCN(CCCCCCCC(=O)OCCCCCCCCC)CCCNS(C)(=O)=O)OCCCC/C=C\CC.